The molecule has 0 amide bonds. The minimum absolute atomic E-state index is 0.292. The van der Waals surface area contributed by atoms with Crippen molar-refractivity contribution in [3.8, 4) is 22.3 Å². The molecule has 2 heterocycles. The Balaban J connectivity index is 1.77. The fourth-order valence-electron chi connectivity index (χ4n) is 4.46. The highest BCUT2D eigenvalue weighted by Crippen LogP contribution is 2.46. The molecule has 2 aromatic heterocycles. The second kappa shape index (κ2) is 7.34. The summed E-state index contributed by atoms with van der Waals surface area (Å²) in [6.45, 7) is 0. The Bertz CT molecular complexity index is 3090. The van der Waals surface area contributed by atoms with Crippen LogP contribution in [0, 0.1) is 0 Å². The predicted molar refractivity (Wildman–Crippen MR) is 149 cm³/mol. The number of rotatable bonds is 2. The van der Waals surface area contributed by atoms with Crippen LogP contribution in [0.2, 0.25) is 0 Å². The van der Waals surface area contributed by atoms with Crippen LogP contribution < -0.4 is 0 Å². The lowest BCUT2D eigenvalue weighted by atomic mass is 9.85. The molecular formula is C34H20O2. The van der Waals surface area contributed by atoms with E-state index < -0.39 is 176 Å². The maximum atomic E-state index is 9.22. The Kier molecular flexibility index (Phi) is 1.71. The lowest BCUT2D eigenvalue weighted by Gasteiger charge is -2.17. The van der Waals surface area contributed by atoms with Gasteiger partial charge in [0.25, 0.3) is 0 Å². The molecule has 6 aromatic carbocycles. The number of para-hydroxylation sites is 1. The van der Waals surface area contributed by atoms with Gasteiger partial charge in [0.2, 0.25) is 0 Å². The van der Waals surface area contributed by atoms with Crippen LogP contribution in [0.3, 0.4) is 0 Å². The van der Waals surface area contributed by atoms with Crippen molar-refractivity contribution < 1.29 is 36.2 Å². The Morgan fingerprint density at radius 1 is 0.500 bits per heavy atom. The minimum atomic E-state index is -0.872. The zero-order valence-electron chi connectivity index (χ0n) is 37.8. The monoisotopic (exact) mass is 480 g/mol. The Morgan fingerprint density at radius 3 is 1.86 bits per heavy atom. The number of hydrogen-bond donors (Lipinski definition) is 0. The molecule has 0 aliphatic rings. The smallest absolute Gasteiger partial charge is 0.143 e. The lowest BCUT2D eigenvalue weighted by Crippen LogP contribution is -1.90. The van der Waals surface area contributed by atoms with Crippen LogP contribution in [0.4, 0.5) is 0 Å². The summed E-state index contributed by atoms with van der Waals surface area (Å²) >= 11 is 0. The summed E-state index contributed by atoms with van der Waals surface area (Å²) in [6, 6.07) is -15.2. The molecule has 2 heteroatoms. The van der Waals surface area contributed by atoms with E-state index in [1.54, 1.807) is 0 Å². The van der Waals surface area contributed by atoms with E-state index >= 15 is 0 Å². The predicted octanol–water partition coefficient (Wildman–Crippen LogP) is 9.97. The second-order valence-electron chi connectivity index (χ2n) is 7.79. The minimum Gasteiger partial charge on any atom is -0.464 e. The molecule has 0 atom stereocenters. The van der Waals surface area contributed by atoms with E-state index in [1.165, 1.54) is 0 Å². The topological polar surface area (TPSA) is 26.3 Å². The van der Waals surface area contributed by atoms with Crippen LogP contribution in [-0.2, 0) is 0 Å². The van der Waals surface area contributed by atoms with Gasteiger partial charge in [0.1, 0.15) is 18.1 Å². The van der Waals surface area contributed by atoms with Crippen LogP contribution in [-0.4, -0.2) is 0 Å². The molecule has 0 unspecified atom stereocenters. The Morgan fingerprint density at radius 2 is 1.14 bits per heavy atom. The molecule has 0 fully saturated rings. The van der Waals surface area contributed by atoms with E-state index in [9.17, 15) is 4.11 Å². The summed E-state index contributed by atoms with van der Waals surface area (Å²) < 4.78 is 186. The van der Waals surface area contributed by atoms with Crippen molar-refractivity contribution in [3.63, 3.8) is 0 Å². The van der Waals surface area contributed by atoms with Gasteiger partial charge < -0.3 is 8.83 Å². The van der Waals surface area contributed by atoms with E-state index in [1.807, 2.05) is 0 Å². The molecule has 2 nitrogen and oxygen atoms in total. The molecule has 0 aliphatic heterocycles. The molecule has 0 radical (unpaired) electrons. The third-order valence-electron chi connectivity index (χ3n) is 5.92. The van der Waals surface area contributed by atoms with Crippen LogP contribution >= 0.6 is 0 Å². The van der Waals surface area contributed by atoms with E-state index in [0.29, 0.717) is 0 Å². The molecule has 168 valence electrons. The summed E-state index contributed by atoms with van der Waals surface area (Å²) in [5, 5.41) is -3.26. The van der Waals surface area contributed by atoms with Gasteiger partial charge in [-0.3, -0.25) is 0 Å². The SMILES string of the molecule is [2H]c1oc2c([2H])c3oc4c(-c5c6c([2H])c([2H])c([2H])c([2H])c6c(-c6c([2H])c([2H])c([2H])c([2H])c6[2H])c6c([2H])c([2H])c([2H])c([2H])c56)c([2H])c([2H])c([2H])c4c3c([2H])c2c1[2H]. The zero-order chi connectivity index (χ0) is 41.0. The average molecular weight is 481 g/mol. The van der Waals surface area contributed by atoms with Gasteiger partial charge in [-0.15, -0.1) is 0 Å². The van der Waals surface area contributed by atoms with Crippen LogP contribution in [0.5, 0.6) is 0 Å². The van der Waals surface area contributed by atoms with E-state index in [2.05, 4.69) is 0 Å². The summed E-state index contributed by atoms with van der Waals surface area (Å²) in [5.74, 6) is 0. The third kappa shape index (κ3) is 2.67. The molecule has 0 N–H and O–H groups in total. The van der Waals surface area contributed by atoms with Crippen molar-refractivity contribution in [3.05, 3.63) is 121 Å². The van der Waals surface area contributed by atoms with Crippen LogP contribution in [0.1, 0.15) is 27.4 Å². The van der Waals surface area contributed by atoms with E-state index in [0.717, 1.165) is 0 Å². The summed E-state index contributed by atoms with van der Waals surface area (Å²) in [7, 11) is 0. The average Bonchev–Trinajstić information content (AvgIpc) is 3.71. The summed E-state index contributed by atoms with van der Waals surface area (Å²) in [6.07, 6.45) is -0.666. The van der Waals surface area contributed by atoms with E-state index in [4.69, 9.17) is 32.1 Å². The molecule has 36 heavy (non-hydrogen) atoms. The second-order valence-corrected chi connectivity index (χ2v) is 7.79. The number of fused-ring (bicyclic) bond motifs is 6. The molecular weight excluding hydrogens is 440 g/mol. The van der Waals surface area contributed by atoms with Crippen molar-refractivity contribution in [2.45, 2.75) is 0 Å². The fourth-order valence-corrected chi connectivity index (χ4v) is 4.46. The van der Waals surface area contributed by atoms with Crippen molar-refractivity contribution in [1.82, 2.24) is 0 Å². The number of hydrogen-bond acceptors (Lipinski definition) is 2. The van der Waals surface area contributed by atoms with Gasteiger partial charge >= 0.3 is 0 Å². The van der Waals surface area contributed by atoms with Gasteiger partial charge in [0.05, 0.1) is 32.3 Å². The molecule has 0 spiro atoms. The number of benzene rings is 6. The van der Waals surface area contributed by atoms with Gasteiger partial charge in [0.15, 0.2) is 0 Å². The number of furan rings is 2. The Hall–Kier alpha value is -4.82. The zero-order valence-corrected chi connectivity index (χ0v) is 17.8. The van der Waals surface area contributed by atoms with Gasteiger partial charge in [-0.1, -0.05) is 96.7 Å². The van der Waals surface area contributed by atoms with Gasteiger partial charge in [0, 0.05) is 33.3 Å². The first-order valence-corrected chi connectivity index (χ1v) is 10.6. The van der Waals surface area contributed by atoms with Crippen molar-refractivity contribution in [2.24, 2.45) is 0 Å². The highest BCUT2D eigenvalue weighted by Gasteiger charge is 2.20. The standard InChI is InChI=1S/C34H20O2/c1-2-9-21(10-3-1)32-23-11-4-6-13-25(23)33(26-14-7-5-12-24(26)32)28-16-8-15-27-29-19-22-17-18-35-30(22)20-31(29)36-34(27)28/h1-20H/i1D,2D,3D,4D,5D,6D,7D,8D,9D,10D,11D,12D,13D,14D,15D,16D,17D,18D,19D,20D. The van der Waals surface area contributed by atoms with Crippen molar-refractivity contribution in [2.75, 3.05) is 0 Å². The van der Waals surface area contributed by atoms with Gasteiger partial charge in [-0.05, 0) is 44.8 Å². The highest BCUT2D eigenvalue weighted by atomic mass is 16.3. The van der Waals surface area contributed by atoms with Crippen molar-refractivity contribution >= 4 is 54.5 Å². The lowest BCUT2D eigenvalue weighted by molar-refractivity contribution is 0.613. The maximum absolute atomic E-state index is 9.22. The molecule has 0 saturated carbocycles. The normalized spacial score (nSPS) is 19.7. The summed E-state index contributed by atoms with van der Waals surface area (Å²) in [4.78, 5) is 0. The summed E-state index contributed by atoms with van der Waals surface area (Å²) in [5.41, 5.74) is -3.67. The van der Waals surface area contributed by atoms with Crippen LogP contribution in [0.15, 0.2) is 130 Å². The quantitative estimate of drug-likeness (QED) is 0.230. The first kappa shape index (κ1) is 8.39. The molecule has 0 saturated heterocycles. The van der Waals surface area contributed by atoms with E-state index in [-0.39, 0.29) is 21.7 Å². The molecule has 8 aromatic rings. The third-order valence-corrected chi connectivity index (χ3v) is 5.92. The Labute approximate surface area is 235 Å². The van der Waals surface area contributed by atoms with Gasteiger partial charge in [-0.2, -0.15) is 0 Å². The first-order chi connectivity index (χ1) is 26.2. The highest BCUT2D eigenvalue weighted by molar-refractivity contribution is 6.24. The van der Waals surface area contributed by atoms with Gasteiger partial charge in [-0.25, -0.2) is 0 Å². The fraction of sp³-hybridized carbons (Fsp3) is 0. The molecule has 0 bridgehead atoms. The maximum Gasteiger partial charge on any atom is 0.143 e. The first-order valence-electron chi connectivity index (χ1n) is 20.6. The largest absolute Gasteiger partial charge is 0.464 e. The molecule has 0 aliphatic carbocycles. The van der Waals surface area contributed by atoms with Crippen molar-refractivity contribution in [1.29, 1.82) is 0 Å². The van der Waals surface area contributed by atoms with Crippen LogP contribution in [0.25, 0.3) is 76.7 Å². The molecule has 8 rings (SSSR count).